The van der Waals surface area contributed by atoms with Gasteiger partial charge in [-0.15, -0.1) is 0 Å². The minimum atomic E-state index is -4.50. The normalized spacial score (nSPS) is 18.1. The molecule has 1 saturated heterocycles. The van der Waals surface area contributed by atoms with E-state index in [1.54, 1.807) is 30.6 Å². The van der Waals surface area contributed by atoms with Gasteiger partial charge in [-0.25, -0.2) is 19.9 Å². The number of aromatic amines is 1. The van der Waals surface area contributed by atoms with E-state index in [0.29, 0.717) is 53.0 Å². The molecular weight excluding hydrogens is 487 g/mol. The van der Waals surface area contributed by atoms with Crippen molar-refractivity contribution in [3.63, 3.8) is 0 Å². The van der Waals surface area contributed by atoms with Gasteiger partial charge in [0.15, 0.2) is 0 Å². The van der Waals surface area contributed by atoms with Crippen LogP contribution in [0.15, 0.2) is 48.9 Å². The van der Waals surface area contributed by atoms with Gasteiger partial charge in [-0.05, 0) is 38.1 Å². The quantitative estimate of drug-likeness (QED) is 0.316. The molecule has 0 saturated carbocycles. The average Bonchev–Trinajstić information content (AvgIpc) is 3.24. The number of hydrogen-bond acceptors (Lipinski definition) is 8. The molecule has 1 fully saturated rings. The van der Waals surface area contributed by atoms with E-state index in [-0.39, 0.29) is 18.0 Å². The van der Waals surface area contributed by atoms with Gasteiger partial charge in [-0.3, -0.25) is 4.79 Å². The van der Waals surface area contributed by atoms with Crippen LogP contribution in [0.25, 0.3) is 11.0 Å². The number of imidazole rings is 1. The van der Waals surface area contributed by atoms with E-state index in [2.05, 4.69) is 40.9 Å². The SMILES string of the molecule is C[C@@H]1CN(C(=O)c2ccnc(Nc3nc4cc(Nc5ccc(C(F)(F)F)nc5)ncc4[nH]3)c2)C[C@H](C)N1. The van der Waals surface area contributed by atoms with Gasteiger partial charge in [0, 0.05) is 43.0 Å². The second-order valence-corrected chi connectivity index (χ2v) is 8.96. The Balaban J connectivity index is 1.29. The molecule has 192 valence electrons. The van der Waals surface area contributed by atoms with Crippen LogP contribution in [-0.4, -0.2) is 60.9 Å². The van der Waals surface area contributed by atoms with Crippen LogP contribution in [0.2, 0.25) is 0 Å². The van der Waals surface area contributed by atoms with E-state index >= 15 is 0 Å². The van der Waals surface area contributed by atoms with E-state index < -0.39 is 11.9 Å². The summed E-state index contributed by atoms with van der Waals surface area (Å²) in [5, 5.41) is 9.40. The lowest BCUT2D eigenvalue weighted by Gasteiger charge is -2.36. The van der Waals surface area contributed by atoms with E-state index in [9.17, 15) is 18.0 Å². The van der Waals surface area contributed by atoms with Crippen molar-refractivity contribution in [3.8, 4) is 0 Å². The molecule has 4 aromatic heterocycles. The lowest BCUT2D eigenvalue weighted by atomic mass is 10.1. The lowest BCUT2D eigenvalue weighted by molar-refractivity contribution is -0.141. The van der Waals surface area contributed by atoms with Crippen LogP contribution >= 0.6 is 0 Å². The highest BCUT2D eigenvalue weighted by Crippen LogP contribution is 2.28. The predicted octanol–water partition coefficient (Wildman–Crippen LogP) is 4.08. The zero-order valence-corrected chi connectivity index (χ0v) is 20.0. The molecule has 5 heterocycles. The maximum atomic E-state index is 13.0. The average molecular weight is 512 g/mol. The van der Waals surface area contributed by atoms with Crippen molar-refractivity contribution in [2.24, 2.45) is 0 Å². The lowest BCUT2D eigenvalue weighted by Crippen LogP contribution is -2.55. The number of rotatable bonds is 5. The second-order valence-electron chi connectivity index (χ2n) is 8.96. The number of fused-ring (bicyclic) bond motifs is 1. The molecule has 4 aromatic rings. The Bertz CT molecular complexity index is 1410. The van der Waals surface area contributed by atoms with Crippen LogP contribution in [0, 0.1) is 0 Å². The second kappa shape index (κ2) is 9.65. The summed E-state index contributed by atoms with van der Waals surface area (Å²) >= 11 is 0. The van der Waals surface area contributed by atoms with E-state index in [1.165, 1.54) is 6.07 Å². The highest BCUT2D eigenvalue weighted by Gasteiger charge is 2.32. The molecule has 13 heteroatoms. The fraction of sp³-hybridized carbons (Fsp3) is 0.292. The minimum Gasteiger partial charge on any atom is -0.339 e. The first-order chi connectivity index (χ1) is 17.6. The number of nitrogens with one attached hydrogen (secondary N) is 4. The van der Waals surface area contributed by atoms with Crippen molar-refractivity contribution < 1.29 is 18.0 Å². The summed E-state index contributed by atoms with van der Waals surface area (Å²) in [5.41, 5.74) is 1.10. The number of H-pyrrole nitrogens is 1. The van der Waals surface area contributed by atoms with Gasteiger partial charge in [0.2, 0.25) is 5.95 Å². The Hall–Kier alpha value is -4.26. The molecular formula is C24H24F3N9O. The molecule has 0 aromatic carbocycles. The summed E-state index contributed by atoms with van der Waals surface area (Å²) < 4.78 is 38.1. The van der Waals surface area contributed by atoms with Crippen LogP contribution in [-0.2, 0) is 6.18 Å². The fourth-order valence-corrected chi connectivity index (χ4v) is 4.25. The number of anilines is 4. The van der Waals surface area contributed by atoms with E-state index in [4.69, 9.17) is 0 Å². The first kappa shape index (κ1) is 24.4. The van der Waals surface area contributed by atoms with Crippen LogP contribution in [0.5, 0.6) is 0 Å². The number of piperazine rings is 1. The largest absolute Gasteiger partial charge is 0.433 e. The molecule has 0 unspecified atom stereocenters. The van der Waals surface area contributed by atoms with E-state index in [1.807, 2.05) is 18.7 Å². The molecule has 0 aliphatic carbocycles. The Morgan fingerprint density at radius 2 is 1.76 bits per heavy atom. The maximum absolute atomic E-state index is 13.0. The first-order valence-corrected chi connectivity index (χ1v) is 11.6. The van der Waals surface area contributed by atoms with Gasteiger partial charge in [-0.1, -0.05) is 0 Å². The van der Waals surface area contributed by atoms with Crippen molar-refractivity contribution in [2.45, 2.75) is 32.1 Å². The van der Waals surface area contributed by atoms with Gasteiger partial charge in [0.05, 0.1) is 29.1 Å². The van der Waals surface area contributed by atoms with Crippen molar-refractivity contribution in [3.05, 3.63) is 60.2 Å². The zero-order valence-electron chi connectivity index (χ0n) is 20.0. The number of halogens is 3. The molecule has 1 aliphatic rings. The van der Waals surface area contributed by atoms with Crippen LogP contribution in [0.4, 0.5) is 36.4 Å². The number of pyridine rings is 3. The molecule has 4 N–H and O–H groups in total. The fourth-order valence-electron chi connectivity index (χ4n) is 4.25. The Morgan fingerprint density at radius 1 is 1.00 bits per heavy atom. The Morgan fingerprint density at radius 3 is 2.46 bits per heavy atom. The number of carbonyl (C=O) groups is 1. The van der Waals surface area contributed by atoms with Crippen molar-refractivity contribution in [1.82, 2.24) is 35.1 Å². The first-order valence-electron chi connectivity index (χ1n) is 11.6. The maximum Gasteiger partial charge on any atom is 0.433 e. The number of aromatic nitrogens is 5. The topological polar surface area (TPSA) is 124 Å². The number of carbonyl (C=O) groups excluding carboxylic acids is 1. The van der Waals surface area contributed by atoms with E-state index in [0.717, 1.165) is 12.3 Å². The summed E-state index contributed by atoms with van der Waals surface area (Å²) in [6.45, 7) is 5.36. The van der Waals surface area contributed by atoms with Gasteiger partial charge in [0.25, 0.3) is 5.91 Å². The van der Waals surface area contributed by atoms with Gasteiger partial charge in [-0.2, -0.15) is 13.2 Å². The number of nitrogens with zero attached hydrogens (tertiary/aromatic N) is 5. The number of hydrogen-bond donors (Lipinski definition) is 4. The van der Waals surface area contributed by atoms with Gasteiger partial charge < -0.3 is 25.8 Å². The summed E-state index contributed by atoms with van der Waals surface area (Å²) in [6, 6.07) is 7.61. The number of alkyl halides is 3. The monoisotopic (exact) mass is 511 g/mol. The molecule has 37 heavy (non-hydrogen) atoms. The molecule has 0 bridgehead atoms. The predicted molar refractivity (Wildman–Crippen MR) is 132 cm³/mol. The van der Waals surface area contributed by atoms with Crippen molar-refractivity contribution >= 4 is 40.2 Å². The Kier molecular flexibility index (Phi) is 6.38. The molecule has 2 atom stereocenters. The molecule has 1 amide bonds. The summed E-state index contributed by atoms with van der Waals surface area (Å²) in [5.74, 6) is 1.17. The highest BCUT2D eigenvalue weighted by atomic mass is 19.4. The highest BCUT2D eigenvalue weighted by molar-refractivity contribution is 5.95. The Labute approximate surface area is 209 Å². The standard InChI is InChI=1S/C24H24F3N9O/c1-13-11-36(12-14(2)31-13)22(37)15-5-6-28-20(7-15)35-23-33-17-8-21(30-10-18(17)34-23)32-16-3-4-19(29-9-16)24(25,26)27/h3-10,13-14,31H,11-12H2,1-2H3,(H,30,32)(H2,28,33,34,35)/t13-,14+. The third-order valence-corrected chi connectivity index (χ3v) is 5.79. The van der Waals surface area contributed by atoms with Gasteiger partial charge in [0.1, 0.15) is 17.3 Å². The third-order valence-electron chi connectivity index (χ3n) is 5.79. The third kappa shape index (κ3) is 5.61. The van der Waals surface area contributed by atoms with Crippen molar-refractivity contribution in [2.75, 3.05) is 23.7 Å². The minimum absolute atomic E-state index is 0.0621. The summed E-state index contributed by atoms with van der Waals surface area (Å²) in [4.78, 5) is 34.4. The van der Waals surface area contributed by atoms with Crippen molar-refractivity contribution in [1.29, 1.82) is 0 Å². The molecule has 1 aliphatic heterocycles. The molecule has 0 radical (unpaired) electrons. The summed E-state index contributed by atoms with van der Waals surface area (Å²) in [6.07, 6.45) is -0.297. The smallest absolute Gasteiger partial charge is 0.339 e. The zero-order chi connectivity index (χ0) is 26.2. The molecule has 0 spiro atoms. The molecule has 10 nitrogen and oxygen atoms in total. The van der Waals surface area contributed by atoms with Crippen LogP contribution in [0.3, 0.4) is 0 Å². The summed E-state index contributed by atoms with van der Waals surface area (Å²) in [7, 11) is 0. The molecule has 5 rings (SSSR count). The van der Waals surface area contributed by atoms with Crippen LogP contribution in [0.1, 0.15) is 29.9 Å². The van der Waals surface area contributed by atoms with Crippen LogP contribution < -0.4 is 16.0 Å². The number of amides is 1. The van der Waals surface area contributed by atoms with Gasteiger partial charge >= 0.3 is 6.18 Å².